The highest BCUT2D eigenvalue weighted by molar-refractivity contribution is 6.08. The number of pyridine rings is 1. The third-order valence-corrected chi connectivity index (χ3v) is 4.52. The van der Waals surface area contributed by atoms with Crippen LogP contribution in [0, 0.1) is 0 Å². The van der Waals surface area contributed by atoms with E-state index >= 15 is 0 Å². The smallest absolute Gasteiger partial charge is 0.256 e. The van der Waals surface area contributed by atoms with Gasteiger partial charge in [0.05, 0.1) is 5.56 Å². The summed E-state index contributed by atoms with van der Waals surface area (Å²) in [6.45, 7) is 0.727. The van der Waals surface area contributed by atoms with Crippen LogP contribution in [-0.4, -0.2) is 39.1 Å². The predicted molar refractivity (Wildman–Crippen MR) is 92.8 cm³/mol. The van der Waals surface area contributed by atoms with E-state index < -0.39 is 0 Å². The second-order valence-electron chi connectivity index (χ2n) is 6.10. The molecule has 0 bridgehead atoms. The molecule has 1 amide bonds. The van der Waals surface area contributed by atoms with Gasteiger partial charge < -0.3 is 19.9 Å². The molecule has 3 heterocycles. The van der Waals surface area contributed by atoms with Gasteiger partial charge in [0.2, 0.25) is 0 Å². The van der Waals surface area contributed by atoms with Crippen LogP contribution in [-0.2, 0) is 13.5 Å². The fourth-order valence-electron chi connectivity index (χ4n) is 3.25. The van der Waals surface area contributed by atoms with Crippen molar-refractivity contribution in [1.82, 2.24) is 14.5 Å². The first-order valence-corrected chi connectivity index (χ1v) is 7.84. The summed E-state index contributed by atoms with van der Waals surface area (Å²) in [6.07, 6.45) is 0.833. The van der Waals surface area contributed by atoms with Gasteiger partial charge in [0.25, 0.3) is 5.91 Å². The highest BCUT2D eigenvalue weighted by atomic mass is 16.3. The SMILES string of the molecule is CN1CCc2c(c3ccc(Nc4cccc(O)c4)nc3n2C)C1=O. The summed E-state index contributed by atoms with van der Waals surface area (Å²) in [6, 6.07) is 10.7. The Morgan fingerprint density at radius 3 is 2.83 bits per heavy atom. The number of carbonyl (C=O) groups is 1. The molecule has 3 aromatic rings. The van der Waals surface area contributed by atoms with Gasteiger partial charge in [-0.05, 0) is 24.3 Å². The number of fused-ring (bicyclic) bond motifs is 3. The zero-order valence-electron chi connectivity index (χ0n) is 13.6. The monoisotopic (exact) mass is 322 g/mol. The van der Waals surface area contributed by atoms with Gasteiger partial charge in [-0.15, -0.1) is 0 Å². The first-order valence-electron chi connectivity index (χ1n) is 7.84. The van der Waals surface area contributed by atoms with Crippen LogP contribution in [0.25, 0.3) is 11.0 Å². The Morgan fingerprint density at radius 1 is 1.21 bits per heavy atom. The minimum atomic E-state index is 0.0531. The fourth-order valence-corrected chi connectivity index (χ4v) is 3.25. The van der Waals surface area contributed by atoms with Gasteiger partial charge in [0.15, 0.2) is 0 Å². The van der Waals surface area contributed by atoms with Crippen LogP contribution < -0.4 is 5.32 Å². The number of amides is 1. The molecule has 1 aliphatic rings. The number of hydrogen-bond donors (Lipinski definition) is 2. The Bertz CT molecular complexity index is 961. The van der Waals surface area contributed by atoms with Crippen molar-refractivity contribution in [1.29, 1.82) is 0 Å². The number of anilines is 2. The minimum Gasteiger partial charge on any atom is -0.508 e. The molecule has 0 saturated heterocycles. The lowest BCUT2D eigenvalue weighted by Crippen LogP contribution is -2.34. The molecule has 0 aliphatic carbocycles. The Morgan fingerprint density at radius 2 is 2.04 bits per heavy atom. The first-order chi connectivity index (χ1) is 11.5. The molecule has 0 radical (unpaired) electrons. The highest BCUT2D eigenvalue weighted by Gasteiger charge is 2.28. The van der Waals surface area contributed by atoms with Gasteiger partial charge in [0.1, 0.15) is 17.2 Å². The van der Waals surface area contributed by atoms with E-state index in [1.165, 1.54) is 0 Å². The molecule has 122 valence electrons. The number of aromatic hydroxyl groups is 1. The lowest BCUT2D eigenvalue weighted by atomic mass is 10.0. The van der Waals surface area contributed by atoms with Crippen LogP contribution in [0.15, 0.2) is 36.4 Å². The van der Waals surface area contributed by atoms with Gasteiger partial charge in [-0.1, -0.05) is 6.07 Å². The second-order valence-corrected chi connectivity index (χ2v) is 6.10. The molecule has 0 fully saturated rings. The number of rotatable bonds is 2. The van der Waals surface area contributed by atoms with Crippen molar-refractivity contribution in [3.63, 3.8) is 0 Å². The summed E-state index contributed by atoms with van der Waals surface area (Å²) in [5.41, 5.74) is 3.35. The van der Waals surface area contributed by atoms with Crippen LogP contribution in [0.5, 0.6) is 5.75 Å². The maximum atomic E-state index is 12.5. The molecular weight excluding hydrogens is 304 g/mol. The van der Waals surface area contributed by atoms with E-state index in [2.05, 4.69) is 10.3 Å². The summed E-state index contributed by atoms with van der Waals surface area (Å²) in [5.74, 6) is 0.924. The van der Waals surface area contributed by atoms with Crippen molar-refractivity contribution in [2.24, 2.45) is 7.05 Å². The van der Waals surface area contributed by atoms with Crippen molar-refractivity contribution in [2.75, 3.05) is 18.9 Å². The summed E-state index contributed by atoms with van der Waals surface area (Å²) in [7, 11) is 3.78. The number of hydrogen-bond acceptors (Lipinski definition) is 4. The zero-order valence-corrected chi connectivity index (χ0v) is 13.6. The molecule has 24 heavy (non-hydrogen) atoms. The van der Waals surface area contributed by atoms with Crippen LogP contribution in [0.1, 0.15) is 16.1 Å². The van der Waals surface area contributed by atoms with Crippen LogP contribution in [0.3, 0.4) is 0 Å². The summed E-state index contributed by atoms with van der Waals surface area (Å²) < 4.78 is 2.00. The number of phenolic OH excluding ortho intramolecular Hbond substituents is 1. The average molecular weight is 322 g/mol. The van der Waals surface area contributed by atoms with E-state index in [-0.39, 0.29) is 11.7 Å². The Balaban J connectivity index is 1.79. The number of aromatic nitrogens is 2. The predicted octanol–water partition coefficient (Wildman–Crippen LogP) is 2.65. The van der Waals surface area contributed by atoms with Crippen LogP contribution >= 0.6 is 0 Å². The van der Waals surface area contributed by atoms with Crippen molar-refractivity contribution in [3.05, 3.63) is 47.7 Å². The van der Waals surface area contributed by atoms with Crippen molar-refractivity contribution in [3.8, 4) is 5.75 Å². The number of aryl methyl sites for hydroxylation is 1. The average Bonchev–Trinajstić information content (AvgIpc) is 2.84. The molecule has 4 rings (SSSR count). The Kier molecular flexibility index (Phi) is 3.19. The molecule has 2 N–H and O–H groups in total. The van der Waals surface area contributed by atoms with Crippen molar-refractivity contribution >= 4 is 28.4 Å². The van der Waals surface area contributed by atoms with E-state index in [0.717, 1.165) is 40.9 Å². The quantitative estimate of drug-likeness (QED) is 0.761. The normalized spacial score (nSPS) is 14.1. The molecule has 1 aliphatic heterocycles. The zero-order chi connectivity index (χ0) is 16.8. The first kappa shape index (κ1) is 14.6. The number of nitrogens with zero attached hydrogens (tertiary/aromatic N) is 3. The molecule has 6 nitrogen and oxygen atoms in total. The van der Waals surface area contributed by atoms with Crippen LogP contribution in [0.2, 0.25) is 0 Å². The molecule has 0 saturated carbocycles. The maximum absolute atomic E-state index is 12.5. The molecular formula is C18H18N4O2. The van der Waals surface area contributed by atoms with Crippen molar-refractivity contribution in [2.45, 2.75) is 6.42 Å². The third kappa shape index (κ3) is 2.19. The Hall–Kier alpha value is -3.02. The molecule has 0 atom stereocenters. The number of nitrogens with one attached hydrogen (secondary N) is 1. The number of carbonyl (C=O) groups excluding carboxylic acids is 1. The summed E-state index contributed by atoms with van der Waals surface area (Å²) in [4.78, 5) is 18.9. The summed E-state index contributed by atoms with van der Waals surface area (Å²) >= 11 is 0. The van der Waals surface area contributed by atoms with E-state index in [1.54, 1.807) is 23.1 Å². The number of phenols is 1. The number of likely N-dealkylation sites (N-methyl/N-ethyl adjacent to an activating group) is 1. The lowest BCUT2D eigenvalue weighted by Gasteiger charge is -2.23. The lowest BCUT2D eigenvalue weighted by molar-refractivity contribution is 0.0781. The second kappa shape index (κ2) is 5.26. The minimum absolute atomic E-state index is 0.0531. The molecule has 0 spiro atoms. The van der Waals surface area contributed by atoms with Gasteiger partial charge in [-0.2, -0.15) is 0 Å². The van der Waals surface area contributed by atoms with E-state index in [1.807, 2.05) is 36.9 Å². The Labute approximate surface area is 139 Å². The maximum Gasteiger partial charge on any atom is 0.256 e. The molecule has 6 heteroatoms. The third-order valence-electron chi connectivity index (χ3n) is 4.52. The number of benzene rings is 1. The molecule has 0 unspecified atom stereocenters. The highest BCUT2D eigenvalue weighted by Crippen LogP contribution is 2.30. The molecule has 1 aromatic carbocycles. The largest absolute Gasteiger partial charge is 0.508 e. The van der Waals surface area contributed by atoms with Crippen molar-refractivity contribution < 1.29 is 9.90 Å². The van der Waals surface area contributed by atoms with E-state index in [0.29, 0.717) is 5.82 Å². The topological polar surface area (TPSA) is 70.4 Å². The molecule has 2 aromatic heterocycles. The van der Waals surface area contributed by atoms with Gasteiger partial charge in [-0.3, -0.25) is 4.79 Å². The van der Waals surface area contributed by atoms with Crippen LogP contribution in [0.4, 0.5) is 11.5 Å². The van der Waals surface area contributed by atoms with Gasteiger partial charge >= 0.3 is 0 Å². The fraction of sp³-hybridized carbons (Fsp3) is 0.222. The van der Waals surface area contributed by atoms with E-state index in [4.69, 9.17) is 0 Å². The van der Waals surface area contributed by atoms with Gasteiger partial charge in [-0.25, -0.2) is 4.98 Å². The summed E-state index contributed by atoms with van der Waals surface area (Å²) in [5, 5.41) is 13.6. The van der Waals surface area contributed by atoms with E-state index in [9.17, 15) is 9.90 Å². The standard InChI is InChI=1S/C18H18N4O2/c1-21-9-8-14-16(18(21)24)13-6-7-15(20-17(13)22(14)2)19-11-4-3-5-12(23)10-11/h3-7,10,23H,8-9H2,1-2H3,(H,19,20). The van der Waals surface area contributed by atoms with Gasteiger partial charge in [0, 0.05) is 49.9 Å².